The van der Waals surface area contributed by atoms with Gasteiger partial charge in [0.25, 0.3) is 0 Å². The van der Waals surface area contributed by atoms with E-state index in [1.54, 1.807) is 0 Å². The second kappa shape index (κ2) is 7.16. The fourth-order valence-corrected chi connectivity index (χ4v) is 2.83. The number of benzene rings is 1. The van der Waals surface area contributed by atoms with Gasteiger partial charge in [-0.05, 0) is 56.8 Å². The van der Waals surface area contributed by atoms with Crippen LogP contribution in [0, 0.1) is 5.92 Å². The first kappa shape index (κ1) is 14.7. The Morgan fingerprint density at radius 3 is 2.79 bits per heavy atom. The molecule has 1 aliphatic rings. The number of hydrogen-bond donors (Lipinski definition) is 1. The largest absolute Gasteiger partial charge is 0.489 e. The van der Waals surface area contributed by atoms with Crippen molar-refractivity contribution in [2.24, 2.45) is 5.92 Å². The van der Waals surface area contributed by atoms with Gasteiger partial charge in [-0.3, -0.25) is 0 Å². The molecule has 19 heavy (non-hydrogen) atoms. The van der Waals surface area contributed by atoms with Gasteiger partial charge < -0.3 is 10.1 Å². The third kappa shape index (κ3) is 4.12. The van der Waals surface area contributed by atoms with Crippen LogP contribution in [0.5, 0.6) is 5.75 Å². The monoisotopic (exact) mass is 281 g/mol. The molecular weight excluding hydrogens is 258 g/mol. The molecule has 3 heteroatoms. The Kier molecular flexibility index (Phi) is 5.53. The summed E-state index contributed by atoms with van der Waals surface area (Å²) in [5.41, 5.74) is 0. The third-order valence-electron chi connectivity index (χ3n) is 3.91. The molecule has 0 radical (unpaired) electrons. The highest BCUT2D eigenvalue weighted by Crippen LogP contribution is 2.32. The van der Waals surface area contributed by atoms with Crippen LogP contribution in [0.15, 0.2) is 24.3 Å². The van der Waals surface area contributed by atoms with Crippen molar-refractivity contribution in [2.45, 2.75) is 51.7 Å². The summed E-state index contributed by atoms with van der Waals surface area (Å²) in [6, 6.07) is 8.11. The van der Waals surface area contributed by atoms with Crippen LogP contribution in [-0.2, 0) is 0 Å². The van der Waals surface area contributed by atoms with Gasteiger partial charge in [-0.25, -0.2) is 0 Å². The van der Waals surface area contributed by atoms with Crippen molar-refractivity contribution in [3.63, 3.8) is 0 Å². The van der Waals surface area contributed by atoms with Crippen LogP contribution in [0.3, 0.4) is 0 Å². The Morgan fingerprint density at radius 2 is 2.21 bits per heavy atom. The average molecular weight is 282 g/mol. The van der Waals surface area contributed by atoms with Crippen LogP contribution in [0.1, 0.15) is 39.5 Å². The van der Waals surface area contributed by atoms with Gasteiger partial charge in [0.15, 0.2) is 0 Å². The van der Waals surface area contributed by atoms with E-state index in [4.69, 9.17) is 16.3 Å². The lowest BCUT2D eigenvalue weighted by Gasteiger charge is -2.38. The maximum absolute atomic E-state index is 6.06. The van der Waals surface area contributed by atoms with Gasteiger partial charge in [0.1, 0.15) is 11.9 Å². The minimum absolute atomic E-state index is 0.176. The van der Waals surface area contributed by atoms with E-state index in [0.717, 1.165) is 29.7 Å². The lowest BCUT2D eigenvalue weighted by molar-refractivity contribution is 0.100. The van der Waals surface area contributed by atoms with Crippen LogP contribution in [-0.4, -0.2) is 18.7 Å². The molecule has 0 heterocycles. The van der Waals surface area contributed by atoms with Gasteiger partial charge in [0, 0.05) is 11.1 Å². The summed E-state index contributed by atoms with van der Waals surface area (Å²) < 4.78 is 6.06. The first-order valence-electron chi connectivity index (χ1n) is 7.36. The summed E-state index contributed by atoms with van der Waals surface area (Å²) in [5.74, 6) is 1.63. The number of hydrogen-bond acceptors (Lipinski definition) is 2. The summed E-state index contributed by atoms with van der Waals surface area (Å²) >= 11 is 6.00. The van der Waals surface area contributed by atoms with Crippen LogP contribution in [0.4, 0.5) is 0 Å². The summed E-state index contributed by atoms with van der Waals surface area (Å²) in [5, 5.41) is 4.38. The fourth-order valence-electron chi connectivity index (χ4n) is 2.65. The first-order valence-corrected chi connectivity index (χ1v) is 7.74. The second-order valence-corrected chi connectivity index (χ2v) is 5.89. The van der Waals surface area contributed by atoms with Gasteiger partial charge in [0.2, 0.25) is 0 Å². The van der Waals surface area contributed by atoms with Gasteiger partial charge >= 0.3 is 0 Å². The SMILES string of the molecule is CCCNC(C1CCC1)C(C)Oc1cccc(Cl)c1. The molecular formula is C16H24ClNO. The number of halogens is 1. The molecule has 2 rings (SSSR count). The zero-order valence-electron chi connectivity index (χ0n) is 11.9. The quantitative estimate of drug-likeness (QED) is 0.806. The average Bonchev–Trinajstić information content (AvgIpc) is 2.31. The van der Waals surface area contributed by atoms with E-state index < -0.39 is 0 Å². The molecule has 0 bridgehead atoms. The Morgan fingerprint density at radius 1 is 1.42 bits per heavy atom. The lowest BCUT2D eigenvalue weighted by Crippen LogP contribution is -2.49. The fraction of sp³-hybridized carbons (Fsp3) is 0.625. The molecule has 0 amide bonds. The molecule has 1 aromatic rings. The van der Waals surface area contributed by atoms with Crippen LogP contribution in [0.2, 0.25) is 5.02 Å². The van der Waals surface area contributed by atoms with Crippen molar-refractivity contribution in [2.75, 3.05) is 6.54 Å². The molecule has 2 atom stereocenters. The molecule has 1 saturated carbocycles. The molecule has 1 aliphatic carbocycles. The van der Waals surface area contributed by atoms with Crippen LogP contribution >= 0.6 is 11.6 Å². The summed E-state index contributed by atoms with van der Waals surface area (Å²) in [4.78, 5) is 0. The Bertz CT molecular complexity index is 392. The minimum atomic E-state index is 0.176. The van der Waals surface area contributed by atoms with Gasteiger partial charge in [-0.15, -0.1) is 0 Å². The van der Waals surface area contributed by atoms with E-state index in [9.17, 15) is 0 Å². The van der Waals surface area contributed by atoms with Gasteiger partial charge in [-0.1, -0.05) is 31.0 Å². The number of ether oxygens (including phenoxy) is 1. The van der Waals surface area contributed by atoms with Crippen molar-refractivity contribution in [3.05, 3.63) is 29.3 Å². The highest BCUT2D eigenvalue weighted by Gasteiger charge is 2.31. The van der Waals surface area contributed by atoms with E-state index in [1.807, 2.05) is 24.3 Å². The van der Waals surface area contributed by atoms with E-state index >= 15 is 0 Å². The number of rotatable bonds is 7. The van der Waals surface area contributed by atoms with Crippen LogP contribution in [0.25, 0.3) is 0 Å². The molecule has 1 N–H and O–H groups in total. The smallest absolute Gasteiger partial charge is 0.121 e. The Labute approximate surface area is 121 Å². The zero-order valence-corrected chi connectivity index (χ0v) is 12.6. The standard InChI is InChI=1S/C16H24ClNO/c1-3-10-18-16(13-6-4-7-13)12(2)19-15-9-5-8-14(17)11-15/h5,8-9,11-13,16,18H,3-4,6-7,10H2,1-2H3. The summed E-state index contributed by atoms with van der Waals surface area (Å²) in [6.45, 7) is 5.42. The van der Waals surface area contributed by atoms with Gasteiger partial charge in [0.05, 0.1) is 0 Å². The van der Waals surface area contributed by atoms with E-state index in [-0.39, 0.29) is 6.10 Å². The van der Waals surface area contributed by atoms with E-state index in [1.165, 1.54) is 19.3 Å². The predicted molar refractivity (Wildman–Crippen MR) is 81.0 cm³/mol. The molecule has 2 nitrogen and oxygen atoms in total. The molecule has 0 spiro atoms. The maximum atomic E-state index is 6.06. The normalized spacial score (nSPS) is 18.7. The molecule has 0 aliphatic heterocycles. The van der Waals surface area contributed by atoms with Crippen molar-refractivity contribution >= 4 is 11.6 Å². The molecule has 1 aromatic carbocycles. The molecule has 2 unspecified atom stereocenters. The van der Waals surface area contributed by atoms with E-state index in [0.29, 0.717) is 6.04 Å². The van der Waals surface area contributed by atoms with Crippen molar-refractivity contribution < 1.29 is 4.74 Å². The lowest BCUT2D eigenvalue weighted by atomic mass is 9.78. The maximum Gasteiger partial charge on any atom is 0.121 e. The highest BCUT2D eigenvalue weighted by atomic mass is 35.5. The summed E-state index contributed by atoms with van der Waals surface area (Å²) in [7, 11) is 0. The van der Waals surface area contributed by atoms with Gasteiger partial charge in [-0.2, -0.15) is 0 Å². The van der Waals surface area contributed by atoms with Crippen molar-refractivity contribution in [1.82, 2.24) is 5.32 Å². The summed E-state index contributed by atoms with van der Waals surface area (Å²) in [6.07, 6.45) is 5.34. The topological polar surface area (TPSA) is 21.3 Å². The molecule has 0 aromatic heterocycles. The van der Waals surface area contributed by atoms with Crippen molar-refractivity contribution in [1.29, 1.82) is 0 Å². The Balaban J connectivity index is 1.95. The third-order valence-corrected chi connectivity index (χ3v) is 4.15. The van der Waals surface area contributed by atoms with E-state index in [2.05, 4.69) is 19.2 Å². The molecule has 0 saturated heterocycles. The number of nitrogens with one attached hydrogen (secondary N) is 1. The van der Waals surface area contributed by atoms with Crippen LogP contribution < -0.4 is 10.1 Å². The zero-order chi connectivity index (χ0) is 13.7. The van der Waals surface area contributed by atoms with Crippen molar-refractivity contribution in [3.8, 4) is 5.75 Å². The molecule has 106 valence electrons. The first-order chi connectivity index (χ1) is 9.20. The Hall–Kier alpha value is -0.730. The minimum Gasteiger partial charge on any atom is -0.489 e. The second-order valence-electron chi connectivity index (χ2n) is 5.45. The molecule has 1 fully saturated rings. The highest BCUT2D eigenvalue weighted by molar-refractivity contribution is 6.30. The predicted octanol–water partition coefficient (Wildman–Crippen LogP) is 4.28.